The van der Waals surface area contributed by atoms with E-state index in [0.29, 0.717) is 6.54 Å². The monoisotopic (exact) mass is 517 g/mol. The maximum atomic E-state index is 11.4. The van der Waals surface area contributed by atoms with Crippen LogP contribution in [0.15, 0.2) is 29.3 Å². The Labute approximate surface area is 192 Å². The lowest BCUT2D eigenvalue weighted by Gasteiger charge is -2.34. The molecular formula is C21H36IN5O2. The van der Waals surface area contributed by atoms with Crippen LogP contribution in [0.2, 0.25) is 0 Å². The molecule has 8 heteroatoms. The van der Waals surface area contributed by atoms with Gasteiger partial charge in [-0.15, -0.1) is 24.0 Å². The van der Waals surface area contributed by atoms with Crippen LogP contribution in [0, 0.1) is 6.92 Å². The first kappa shape index (κ1) is 25.5. The predicted octanol–water partition coefficient (Wildman–Crippen LogP) is 2.10. The molecule has 1 unspecified atom stereocenters. The summed E-state index contributed by atoms with van der Waals surface area (Å²) in [7, 11) is 0. The van der Waals surface area contributed by atoms with Crippen LogP contribution < -0.4 is 15.4 Å². The van der Waals surface area contributed by atoms with Crippen molar-refractivity contribution in [1.82, 2.24) is 20.4 Å². The highest BCUT2D eigenvalue weighted by molar-refractivity contribution is 14.0. The summed E-state index contributed by atoms with van der Waals surface area (Å²) in [4.78, 5) is 20.3. The Bertz CT molecular complexity index is 648. The van der Waals surface area contributed by atoms with Crippen LogP contribution in [0.25, 0.3) is 0 Å². The van der Waals surface area contributed by atoms with Crippen LogP contribution in [0.4, 0.5) is 0 Å². The summed E-state index contributed by atoms with van der Waals surface area (Å²) < 4.78 is 5.95. The van der Waals surface area contributed by atoms with Crippen molar-refractivity contribution in [3.63, 3.8) is 0 Å². The normalized spacial score (nSPS) is 16.0. The number of piperazine rings is 1. The van der Waals surface area contributed by atoms with E-state index in [2.05, 4.69) is 40.4 Å². The zero-order valence-electron chi connectivity index (χ0n) is 18.1. The molecule has 0 saturated carbocycles. The van der Waals surface area contributed by atoms with Crippen molar-refractivity contribution in [2.45, 2.75) is 33.8 Å². The number of amides is 1. The first-order valence-electron chi connectivity index (χ1n) is 10.2. The number of hydrogen-bond donors (Lipinski definition) is 2. The van der Waals surface area contributed by atoms with E-state index in [9.17, 15) is 4.79 Å². The molecule has 29 heavy (non-hydrogen) atoms. The number of rotatable bonds is 8. The van der Waals surface area contributed by atoms with Crippen LogP contribution in [0.5, 0.6) is 5.75 Å². The van der Waals surface area contributed by atoms with Crippen molar-refractivity contribution in [3.05, 3.63) is 29.8 Å². The van der Waals surface area contributed by atoms with Crippen LogP contribution in [0.1, 0.15) is 26.3 Å². The van der Waals surface area contributed by atoms with Gasteiger partial charge in [0, 0.05) is 52.7 Å². The largest absolute Gasteiger partial charge is 0.489 e. The Morgan fingerprint density at radius 1 is 1.24 bits per heavy atom. The molecule has 1 amide bonds. The highest BCUT2D eigenvalue weighted by atomic mass is 127. The summed E-state index contributed by atoms with van der Waals surface area (Å²) in [5.74, 6) is 1.86. The van der Waals surface area contributed by atoms with Crippen LogP contribution >= 0.6 is 24.0 Å². The number of nitrogens with zero attached hydrogens (tertiary/aromatic N) is 3. The molecule has 1 aliphatic heterocycles. The molecule has 0 radical (unpaired) electrons. The Balaban J connectivity index is 0.00000420. The van der Waals surface area contributed by atoms with E-state index >= 15 is 0 Å². The molecule has 0 spiro atoms. The van der Waals surface area contributed by atoms with Crippen LogP contribution in [-0.4, -0.2) is 80.1 Å². The van der Waals surface area contributed by atoms with Crippen LogP contribution in [-0.2, 0) is 4.79 Å². The van der Waals surface area contributed by atoms with E-state index in [-0.39, 0.29) is 36.0 Å². The molecule has 1 saturated heterocycles. The quantitative estimate of drug-likeness (QED) is 0.314. The SMILES string of the molecule is CCNC(=NCC(C)Oc1cccc(C)c1)NCCN1CCN(C(C)=O)CC1.I. The minimum atomic E-state index is -0.00286. The number of benzene rings is 1. The lowest BCUT2D eigenvalue weighted by Crippen LogP contribution is -2.50. The zero-order chi connectivity index (χ0) is 20.4. The first-order chi connectivity index (χ1) is 13.5. The van der Waals surface area contributed by atoms with Crippen molar-refractivity contribution in [2.24, 2.45) is 4.99 Å². The summed E-state index contributed by atoms with van der Waals surface area (Å²) in [5, 5.41) is 6.67. The minimum absolute atomic E-state index is 0. The van der Waals surface area contributed by atoms with E-state index in [1.807, 2.05) is 30.0 Å². The standard InChI is InChI=1S/C21H35N5O2.HI/c1-5-22-21(23-9-10-25-11-13-26(14-12-25)19(4)27)24-16-18(3)28-20-8-6-7-17(2)15-20;/h6-8,15,18H,5,9-14,16H2,1-4H3,(H2,22,23,24);1H. The number of nitrogens with one attached hydrogen (secondary N) is 2. The number of aliphatic imine (C=N–C) groups is 1. The molecule has 2 rings (SSSR count). The predicted molar refractivity (Wildman–Crippen MR) is 129 cm³/mol. The molecule has 1 fully saturated rings. The van der Waals surface area contributed by atoms with E-state index in [4.69, 9.17) is 4.74 Å². The molecule has 0 aliphatic carbocycles. The molecule has 1 atom stereocenters. The third-order valence-electron chi connectivity index (χ3n) is 4.72. The van der Waals surface area contributed by atoms with E-state index < -0.39 is 0 Å². The second kappa shape index (κ2) is 13.6. The van der Waals surface area contributed by atoms with Gasteiger partial charge in [-0.25, -0.2) is 4.99 Å². The molecule has 0 aromatic heterocycles. The molecule has 1 aliphatic rings. The fourth-order valence-corrected chi connectivity index (χ4v) is 3.14. The summed E-state index contributed by atoms with van der Waals surface area (Å²) in [5.41, 5.74) is 1.19. The third kappa shape index (κ3) is 9.66. The fourth-order valence-electron chi connectivity index (χ4n) is 3.14. The number of halogens is 1. The number of guanidine groups is 1. The number of carbonyl (C=O) groups is 1. The Morgan fingerprint density at radius 3 is 2.59 bits per heavy atom. The number of carbonyl (C=O) groups excluding carboxylic acids is 1. The van der Waals surface area contributed by atoms with Gasteiger partial charge in [0.15, 0.2) is 5.96 Å². The van der Waals surface area contributed by atoms with Crippen molar-refractivity contribution in [2.75, 3.05) is 52.4 Å². The second-order valence-electron chi connectivity index (χ2n) is 7.24. The lowest BCUT2D eigenvalue weighted by molar-refractivity contribution is -0.130. The second-order valence-corrected chi connectivity index (χ2v) is 7.24. The van der Waals surface area contributed by atoms with Crippen LogP contribution in [0.3, 0.4) is 0 Å². The van der Waals surface area contributed by atoms with Crippen molar-refractivity contribution in [1.29, 1.82) is 0 Å². The molecule has 1 heterocycles. The molecule has 0 bridgehead atoms. The summed E-state index contributed by atoms with van der Waals surface area (Å²) in [6.45, 7) is 14.4. The van der Waals surface area contributed by atoms with E-state index in [1.54, 1.807) is 6.92 Å². The number of ether oxygens (including phenoxy) is 1. The fraction of sp³-hybridized carbons (Fsp3) is 0.619. The molecule has 1 aromatic rings. The Morgan fingerprint density at radius 2 is 1.97 bits per heavy atom. The van der Waals surface area contributed by atoms with Gasteiger partial charge in [0.05, 0.1) is 6.54 Å². The van der Waals surface area contributed by atoms with Gasteiger partial charge in [-0.2, -0.15) is 0 Å². The number of aryl methyl sites for hydroxylation is 1. The highest BCUT2D eigenvalue weighted by Gasteiger charge is 2.17. The van der Waals surface area contributed by atoms with Gasteiger partial charge in [0.2, 0.25) is 5.91 Å². The summed E-state index contributed by atoms with van der Waals surface area (Å²) in [6, 6.07) is 8.07. The van der Waals surface area contributed by atoms with Gasteiger partial charge in [-0.1, -0.05) is 12.1 Å². The van der Waals surface area contributed by atoms with Crippen molar-refractivity contribution >= 4 is 35.8 Å². The smallest absolute Gasteiger partial charge is 0.219 e. The van der Waals surface area contributed by atoms with Crippen molar-refractivity contribution in [3.8, 4) is 5.75 Å². The van der Waals surface area contributed by atoms with Gasteiger partial charge in [-0.05, 0) is 38.5 Å². The highest BCUT2D eigenvalue weighted by Crippen LogP contribution is 2.14. The molecule has 164 valence electrons. The lowest BCUT2D eigenvalue weighted by atomic mass is 10.2. The average Bonchev–Trinajstić information content (AvgIpc) is 2.66. The molecule has 7 nitrogen and oxygen atoms in total. The molecule has 2 N–H and O–H groups in total. The van der Waals surface area contributed by atoms with E-state index in [0.717, 1.165) is 57.5 Å². The molecule has 1 aromatic carbocycles. The van der Waals surface area contributed by atoms with Gasteiger partial charge in [0.25, 0.3) is 0 Å². The van der Waals surface area contributed by atoms with Crippen molar-refractivity contribution < 1.29 is 9.53 Å². The number of hydrogen-bond acceptors (Lipinski definition) is 4. The summed E-state index contributed by atoms with van der Waals surface area (Å²) >= 11 is 0. The van der Waals surface area contributed by atoms with E-state index in [1.165, 1.54) is 5.56 Å². The summed E-state index contributed by atoms with van der Waals surface area (Å²) in [6.07, 6.45) is -0.00286. The van der Waals surface area contributed by atoms with Gasteiger partial charge < -0.3 is 20.3 Å². The maximum absolute atomic E-state index is 11.4. The Kier molecular flexibility index (Phi) is 12.0. The topological polar surface area (TPSA) is 69.2 Å². The zero-order valence-corrected chi connectivity index (χ0v) is 20.4. The Hall–Kier alpha value is -1.55. The molecular weight excluding hydrogens is 481 g/mol. The third-order valence-corrected chi connectivity index (χ3v) is 4.72. The van der Waals surface area contributed by atoms with Gasteiger partial charge >= 0.3 is 0 Å². The maximum Gasteiger partial charge on any atom is 0.219 e. The minimum Gasteiger partial charge on any atom is -0.489 e. The average molecular weight is 517 g/mol. The van der Waals surface area contributed by atoms with Gasteiger partial charge in [-0.3, -0.25) is 9.69 Å². The van der Waals surface area contributed by atoms with Gasteiger partial charge in [0.1, 0.15) is 11.9 Å². The first-order valence-corrected chi connectivity index (χ1v) is 10.2.